The zero-order valence-corrected chi connectivity index (χ0v) is 13.4. The van der Waals surface area contributed by atoms with Gasteiger partial charge >= 0.3 is 0 Å². The first-order valence-electron chi connectivity index (χ1n) is 7.95. The van der Waals surface area contributed by atoms with Gasteiger partial charge in [-0.3, -0.25) is 0 Å². The van der Waals surface area contributed by atoms with Crippen LogP contribution in [0.3, 0.4) is 0 Å². The number of aryl methyl sites for hydroxylation is 1. The summed E-state index contributed by atoms with van der Waals surface area (Å²) in [5.74, 6) is 0.421. The molecule has 21 heavy (non-hydrogen) atoms. The van der Waals surface area contributed by atoms with Crippen LogP contribution < -0.4 is 10.0 Å². The van der Waals surface area contributed by atoms with Crippen LogP contribution in [0, 0.1) is 5.92 Å². The molecule has 1 aliphatic heterocycles. The van der Waals surface area contributed by atoms with Crippen molar-refractivity contribution in [3.63, 3.8) is 0 Å². The SMILES string of the molecule is CC1CCCCC1NS(=O)(=O)c1ccc2c(c1)NCCC2. The van der Waals surface area contributed by atoms with Gasteiger partial charge in [-0.15, -0.1) is 0 Å². The molecule has 4 nitrogen and oxygen atoms in total. The summed E-state index contributed by atoms with van der Waals surface area (Å²) in [6.45, 7) is 3.06. The number of nitrogens with one attached hydrogen (secondary N) is 2. The maximum absolute atomic E-state index is 12.6. The van der Waals surface area contributed by atoms with Crippen LogP contribution in [0.2, 0.25) is 0 Å². The molecule has 0 saturated heterocycles. The maximum Gasteiger partial charge on any atom is 0.240 e. The topological polar surface area (TPSA) is 58.2 Å². The van der Waals surface area contributed by atoms with E-state index in [0.717, 1.165) is 44.3 Å². The summed E-state index contributed by atoms with van der Waals surface area (Å²) < 4.78 is 28.1. The summed E-state index contributed by atoms with van der Waals surface area (Å²) in [7, 11) is -3.42. The molecule has 2 N–H and O–H groups in total. The minimum absolute atomic E-state index is 0.0766. The first-order valence-corrected chi connectivity index (χ1v) is 9.44. The number of sulfonamides is 1. The van der Waals surface area contributed by atoms with Gasteiger partial charge < -0.3 is 5.32 Å². The van der Waals surface area contributed by atoms with Crippen LogP contribution >= 0.6 is 0 Å². The molecule has 0 aromatic heterocycles. The highest BCUT2D eigenvalue weighted by Crippen LogP contribution is 2.28. The fourth-order valence-electron chi connectivity index (χ4n) is 3.37. The van der Waals surface area contributed by atoms with E-state index in [9.17, 15) is 8.42 Å². The van der Waals surface area contributed by atoms with Gasteiger partial charge in [0.25, 0.3) is 0 Å². The predicted molar refractivity (Wildman–Crippen MR) is 85.0 cm³/mol. The molecule has 2 unspecified atom stereocenters. The minimum atomic E-state index is -3.42. The van der Waals surface area contributed by atoms with Crippen molar-refractivity contribution in [3.8, 4) is 0 Å². The Bertz CT molecular complexity index is 613. The third kappa shape index (κ3) is 3.24. The summed E-state index contributed by atoms with van der Waals surface area (Å²) in [5, 5.41) is 3.30. The van der Waals surface area contributed by atoms with Gasteiger partial charge in [-0.05, 0) is 49.3 Å². The molecule has 0 amide bonds. The molecule has 2 atom stereocenters. The van der Waals surface area contributed by atoms with Crippen LogP contribution in [0.25, 0.3) is 0 Å². The number of hydrogen-bond donors (Lipinski definition) is 2. The normalized spacial score (nSPS) is 26.0. The zero-order valence-electron chi connectivity index (χ0n) is 12.6. The second-order valence-electron chi connectivity index (χ2n) is 6.34. The van der Waals surface area contributed by atoms with Crippen molar-refractivity contribution < 1.29 is 8.42 Å². The highest BCUT2D eigenvalue weighted by Gasteiger charge is 2.27. The van der Waals surface area contributed by atoms with Gasteiger partial charge in [-0.2, -0.15) is 0 Å². The summed E-state index contributed by atoms with van der Waals surface area (Å²) in [5.41, 5.74) is 2.19. The fourth-order valence-corrected chi connectivity index (χ4v) is 4.77. The average Bonchev–Trinajstić information content (AvgIpc) is 2.49. The molecule has 3 rings (SSSR count). The molecule has 116 valence electrons. The van der Waals surface area contributed by atoms with Crippen molar-refractivity contribution in [2.24, 2.45) is 5.92 Å². The third-order valence-corrected chi connectivity index (χ3v) is 6.24. The Morgan fingerprint density at radius 2 is 2.00 bits per heavy atom. The van der Waals surface area contributed by atoms with Gasteiger partial charge in [0, 0.05) is 18.3 Å². The van der Waals surface area contributed by atoms with Gasteiger partial charge in [0.1, 0.15) is 0 Å². The Morgan fingerprint density at radius 1 is 1.19 bits per heavy atom. The lowest BCUT2D eigenvalue weighted by Gasteiger charge is -2.29. The van der Waals surface area contributed by atoms with Crippen molar-refractivity contribution in [1.29, 1.82) is 0 Å². The molecule has 0 bridgehead atoms. The van der Waals surface area contributed by atoms with Crippen LogP contribution in [-0.4, -0.2) is 21.0 Å². The molecular weight excluding hydrogens is 284 g/mol. The fraction of sp³-hybridized carbons (Fsp3) is 0.625. The first-order chi connectivity index (χ1) is 10.1. The largest absolute Gasteiger partial charge is 0.385 e. The van der Waals surface area contributed by atoms with Gasteiger partial charge in [0.15, 0.2) is 0 Å². The number of anilines is 1. The maximum atomic E-state index is 12.6. The molecule has 1 fully saturated rings. The third-order valence-electron chi connectivity index (χ3n) is 4.75. The van der Waals surface area contributed by atoms with Crippen molar-refractivity contribution >= 4 is 15.7 Å². The van der Waals surface area contributed by atoms with Crippen molar-refractivity contribution in [2.75, 3.05) is 11.9 Å². The smallest absolute Gasteiger partial charge is 0.240 e. The van der Waals surface area contributed by atoms with Gasteiger partial charge in [0.2, 0.25) is 10.0 Å². The summed E-state index contributed by atoms with van der Waals surface area (Å²) in [6.07, 6.45) is 6.51. The van der Waals surface area contributed by atoms with Crippen LogP contribution in [0.15, 0.2) is 23.1 Å². The first kappa shape index (κ1) is 14.9. The van der Waals surface area contributed by atoms with Crippen molar-refractivity contribution in [1.82, 2.24) is 4.72 Å². The van der Waals surface area contributed by atoms with Gasteiger partial charge in [-0.1, -0.05) is 25.8 Å². The van der Waals surface area contributed by atoms with Crippen LogP contribution in [0.4, 0.5) is 5.69 Å². The highest BCUT2D eigenvalue weighted by molar-refractivity contribution is 7.89. The Morgan fingerprint density at radius 3 is 2.81 bits per heavy atom. The van der Waals surface area contributed by atoms with Crippen LogP contribution in [-0.2, 0) is 16.4 Å². The predicted octanol–water partition coefficient (Wildman–Crippen LogP) is 2.90. The van der Waals surface area contributed by atoms with Gasteiger partial charge in [0.05, 0.1) is 4.90 Å². The van der Waals surface area contributed by atoms with E-state index in [4.69, 9.17) is 0 Å². The molecular formula is C16H24N2O2S. The van der Waals surface area contributed by atoms with E-state index in [2.05, 4.69) is 17.0 Å². The standard InChI is InChI=1S/C16H24N2O2S/c1-12-5-2-3-7-15(12)18-21(19,20)14-9-8-13-6-4-10-17-16(13)11-14/h8-9,11-12,15,17-18H,2-7,10H2,1H3. The molecule has 1 aromatic carbocycles. The van der Waals surface area contributed by atoms with Crippen LogP contribution in [0.1, 0.15) is 44.6 Å². The Balaban J connectivity index is 1.81. The Hall–Kier alpha value is -1.07. The highest BCUT2D eigenvalue weighted by atomic mass is 32.2. The molecule has 0 spiro atoms. The lowest BCUT2D eigenvalue weighted by molar-refractivity contribution is 0.310. The lowest BCUT2D eigenvalue weighted by Crippen LogP contribution is -2.41. The zero-order chi connectivity index (χ0) is 14.9. The minimum Gasteiger partial charge on any atom is -0.385 e. The average molecular weight is 308 g/mol. The summed E-state index contributed by atoms with van der Waals surface area (Å²) in [6, 6.07) is 5.54. The van der Waals surface area contributed by atoms with E-state index in [1.54, 1.807) is 12.1 Å². The van der Waals surface area contributed by atoms with E-state index < -0.39 is 10.0 Å². The molecule has 5 heteroatoms. The Labute approximate surface area is 127 Å². The summed E-state index contributed by atoms with van der Waals surface area (Å²) in [4.78, 5) is 0.383. The van der Waals surface area contributed by atoms with E-state index in [0.29, 0.717) is 10.8 Å². The number of rotatable bonds is 3. The molecule has 0 radical (unpaired) electrons. The van der Waals surface area contributed by atoms with Crippen molar-refractivity contribution in [3.05, 3.63) is 23.8 Å². The second kappa shape index (κ2) is 5.97. The van der Waals surface area contributed by atoms with Crippen LogP contribution in [0.5, 0.6) is 0 Å². The lowest BCUT2D eigenvalue weighted by atomic mass is 9.87. The van der Waals surface area contributed by atoms with E-state index in [1.807, 2.05) is 6.07 Å². The molecule has 1 aromatic rings. The summed E-state index contributed by atoms with van der Waals surface area (Å²) >= 11 is 0. The molecule has 1 heterocycles. The molecule has 2 aliphatic rings. The van der Waals surface area contributed by atoms with Crippen molar-refractivity contribution in [2.45, 2.75) is 56.4 Å². The molecule has 1 saturated carbocycles. The quantitative estimate of drug-likeness (QED) is 0.902. The van der Waals surface area contributed by atoms with E-state index in [-0.39, 0.29) is 6.04 Å². The number of fused-ring (bicyclic) bond motifs is 1. The Kier molecular flexibility index (Phi) is 4.22. The second-order valence-corrected chi connectivity index (χ2v) is 8.05. The monoisotopic (exact) mass is 308 g/mol. The van der Waals surface area contributed by atoms with E-state index >= 15 is 0 Å². The number of benzene rings is 1. The van der Waals surface area contributed by atoms with Gasteiger partial charge in [-0.25, -0.2) is 13.1 Å². The van der Waals surface area contributed by atoms with E-state index in [1.165, 1.54) is 12.0 Å². The number of hydrogen-bond acceptors (Lipinski definition) is 3. The molecule has 1 aliphatic carbocycles.